The first-order valence-corrected chi connectivity index (χ1v) is 6.80. The van der Waals surface area contributed by atoms with E-state index in [0.717, 1.165) is 16.9 Å². The Hall–Kier alpha value is -2.72. The highest BCUT2D eigenvalue weighted by atomic mass is 32.1. The van der Waals surface area contributed by atoms with Gasteiger partial charge in [-0.05, 0) is 18.6 Å². The molecule has 106 valence electrons. The number of H-pyrrole nitrogens is 1. The van der Waals surface area contributed by atoms with Gasteiger partial charge in [-0.1, -0.05) is 24.5 Å². The molecule has 2 rings (SSSR count). The van der Waals surface area contributed by atoms with E-state index in [2.05, 4.69) is 34.2 Å². The van der Waals surface area contributed by atoms with Crippen LogP contribution in [0.4, 0.5) is 0 Å². The lowest BCUT2D eigenvalue weighted by atomic mass is 10.2. The van der Waals surface area contributed by atoms with E-state index in [1.54, 1.807) is 6.07 Å². The maximum absolute atomic E-state index is 9.34. The number of nitriles is 1. The molecule has 0 aliphatic carbocycles. The van der Waals surface area contributed by atoms with E-state index in [1.807, 2.05) is 6.92 Å². The van der Waals surface area contributed by atoms with Crippen LogP contribution in [0.25, 0.3) is 12.2 Å². The Labute approximate surface area is 124 Å². The lowest BCUT2D eigenvalue weighted by Gasteiger charge is -2.04. The van der Waals surface area contributed by atoms with E-state index in [-0.39, 0.29) is 10.7 Å². The number of thiazole rings is 1. The van der Waals surface area contributed by atoms with Crippen LogP contribution in [0.15, 0.2) is 24.4 Å². The monoisotopic (exact) mass is 299 g/mol. The Morgan fingerprint density at radius 2 is 2.38 bits per heavy atom. The summed E-state index contributed by atoms with van der Waals surface area (Å²) in [5.41, 5.74) is 1.60. The van der Waals surface area contributed by atoms with Gasteiger partial charge in [-0.3, -0.25) is 5.41 Å². The quantitative estimate of drug-likeness (QED) is 0.800. The molecule has 0 aliphatic rings. The van der Waals surface area contributed by atoms with Crippen LogP contribution >= 0.6 is 11.3 Å². The van der Waals surface area contributed by atoms with Crippen LogP contribution in [0.1, 0.15) is 12.6 Å². The van der Waals surface area contributed by atoms with Crippen LogP contribution in [0.2, 0.25) is 0 Å². The summed E-state index contributed by atoms with van der Waals surface area (Å²) >= 11 is 1.14. The molecule has 0 spiro atoms. The summed E-state index contributed by atoms with van der Waals surface area (Å²) in [6, 6.07) is 3.89. The van der Waals surface area contributed by atoms with E-state index in [4.69, 9.17) is 10.1 Å². The average Bonchev–Trinajstić information content (AvgIpc) is 2.77. The summed E-state index contributed by atoms with van der Waals surface area (Å²) < 4.78 is 6.19. The van der Waals surface area contributed by atoms with Gasteiger partial charge >= 0.3 is 6.01 Å². The first kappa shape index (κ1) is 14.7. The molecule has 21 heavy (non-hydrogen) atoms. The number of hydrogen-bond acceptors (Lipinski definition) is 6. The summed E-state index contributed by atoms with van der Waals surface area (Å²) in [6.07, 6.45) is 1.52. The Balaban J connectivity index is 2.50. The van der Waals surface area contributed by atoms with E-state index < -0.39 is 0 Å². The number of ether oxygens (including phenoxy) is 1. The first-order valence-electron chi connectivity index (χ1n) is 5.99. The van der Waals surface area contributed by atoms with Crippen molar-refractivity contribution in [1.29, 1.82) is 10.7 Å². The number of aromatic nitrogens is 3. The molecule has 7 heteroatoms. The number of nitrogens with one attached hydrogen (secondary N) is 2. The lowest BCUT2D eigenvalue weighted by Crippen LogP contribution is -2.18. The molecule has 0 fully saturated rings. The molecule has 0 aromatic carbocycles. The van der Waals surface area contributed by atoms with Gasteiger partial charge in [0.15, 0.2) is 0 Å². The molecule has 0 atom stereocenters. The Kier molecular flexibility index (Phi) is 4.30. The molecule has 2 N–H and O–H groups in total. The van der Waals surface area contributed by atoms with Crippen molar-refractivity contribution in [2.24, 2.45) is 0 Å². The maximum Gasteiger partial charge on any atom is 0.317 e. The fourth-order valence-electron chi connectivity index (χ4n) is 1.46. The van der Waals surface area contributed by atoms with Crippen molar-refractivity contribution in [1.82, 2.24) is 15.0 Å². The second-order valence-corrected chi connectivity index (χ2v) is 5.34. The van der Waals surface area contributed by atoms with Crippen LogP contribution in [0, 0.1) is 16.7 Å². The number of aromatic amines is 1. The highest BCUT2D eigenvalue weighted by molar-refractivity contribution is 7.07. The molecule has 0 aliphatic heterocycles. The third-order valence-electron chi connectivity index (χ3n) is 2.42. The molecule has 2 heterocycles. The Bertz CT molecular complexity index is 857. The maximum atomic E-state index is 9.34. The second kappa shape index (κ2) is 6.15. The standard InChI is InChI=1S/C14H13N5OS/c1-8(2)7-20-14-17-5-4-11(19-14)10(6-15)13-18-9(3)12(16)21-13/h4-5,16,18H,1,3,7H2,2H3/b13-10+,16-12?. The van der Waals surface area contributed by atoms with Crippen molar-refractivity contribution in [3.63, 3.8) is 0 Å². The fraction of sp³-hybridized carbons (Fsp3) is 0.143. The van der Waals surface area contributed by atoms with E-state index in [1.165, 1.54) is 6.20 Å². The molecule has 2 aromatic rings. The largest absolute Gasteiger partial charge is 0.459 e. The van der Waals surface area contributed by atoms with Gasteiger partial charge in [0.25, 0.3) is 0 Å². The summed E-state index contributed by atoms with van der Waals surface area (Å²) in [6.45, 7) is 9.58. The van der Waals surface area contributed by atoms with Crippen molar-refractivity contribution in [3.8, 4) is 12.1 Å². The minimum absolute atomic E-state index is 0.181. The molecule has 0 unspecified atom stereocenters. The highest BCUT2D eigenvalue weighted by Gasteiger charge is 2.08. The van der Waals surface area contributed by atoms with Gasteiger partial charge in [-0.25, -0.2) is 4.98 Å². The molecular formula is C14H13N5OS. The molecule has 0 saturated heterocycles. The molecule has 0 bridgehead atoms. The summed E-state index contributed by atoms with van der Waals surface area (Å²) in [4.78, 5) is 11.1. The summed E-state index contributed by atoms with van der Waals surface area (Å²) in [5.74, 6) is 0. The normalized spacial score (nSPS) is 11.6. The van der Waals surface area contributed by atoms with E-state index in [0.29, 0.717) is 27.9 Å². The third-order valence-corrected chi connectivity index (χ3v) is 3.38. The SMILES string of the molecule is C=C(C)COc1nccc(/C(C#N)=c2\[nH]c(=C)c(=N)s2)n1. The molecule has 0 saturated carbocycles. The molecule has 6 nitrogen and oxygen atoms in total. The minimum atomic E-state index is 0.181. The van der Waals surface area contributed by atoms with Crippen molar-refractivity contribution in [2.45, 2.75) is 6.92 Å². The van der Waals surface area contributed by atoms with Crippen LogP contribution in [0.5, 0.6) is 6.01 Å². The predicted molar refractivity (Wildman–Crippen MR) is 79.8 cm³/mol. The van der Waals surface area contributed by atoms with Crippen molar-refractivity contribution >= 4 is 23.5 Å². The zero-order chi connectivity index (χ0) is 15.4. The predicted octanol–water partition coefficient (Wildman–Crippen LogP) is 0.433. The smallest absolute Gasteiger partial charge is 0.317 e. The topological polar surface area (TPSA) is 98.4 Å². The van der Waals surface area contributed by atoms with Crippen molar-refractivity contribution in [2.75, 3.05) is 6.61 Å². The van der Waals surface area contributed by atoms with Gasteiger partial charge < -0.3 is 9.72 Å². The van der Waals surface area contributed by atoms with Gasteiger partial charge in [0.05, 0.1) is 11.0 Å². The minimum Gasteiger partial charge on any atom is -0.459 e. The first-order chi connectivity index (χ1) is 10.0. The third kappa shape index (κ3) is 3.43. The fourth-order valence-corrected chi connectivity index (χ4v) is 2.26. The molecule has 2 aromatic heterocycles. The van der Waals surface area contributed by atoms with E-state index >= 15 is 0 Å². The average molecular weight is 299 g/mol. The van der Waals surface area contributed by atoms with Crippen LogP contribution in [0.3, 0.4) is 0 Å². The lowest BCUT2D eigenvalue weighted by molar-refractivity contribution is 0.323. The zero-order valence-electron chi connectivity index (χ0n) is 11.4. The van der Waals surface area contributed by atoms with Gasteiger partial charge in [0.2, 0.25) is 0 Å². The van der Waals surface area contributed by atoms with Crippen molar-refractivity contribution in [3.05, 3.63) is 44.8 Å². The van der Waals surface area contributed by atoms with Gasteiger partial charge in [-0.2, -0.15) is 10.2 Å². The van der Waals surface area contributed by atoms with E-state index in [9.17, 15) is 5.26 Å². The van der Waals surface area contributed by atoms with Crippen molar-refractivity contribution < 1.29 is 4.74 Å². The zero-order valence-corrected chi connectivity index (χ0v) is 12.3. The Morgan fingerprint density at radius 1 is 1.62 bits per heavy atom. The van der Waals surface area contributed by atoms with Gasteiger partial charge in [0, 0.05) is 6.20 Å². The molecule has 0 radical (unpaired) electrons. The molecule has 0 amide bonds. The molecular weight excluding hydrogens is 286 g/mol. The number of hydrogen-bond donors (Lipinski definition) is 2. The summed E-state index contributed by atoms with van der Waals surface area (Å²) in [7, 11) is 0. The Morgan fingerprint density at radius 3 is 2.95 bits per heavy atom. The summed E-state index contributed by atoms with van der Waals surface area (Å²) in [5, 5.41) is 17.5. The van der Waals surface area contributed by atoms with Gasteiger partial charge in [0.1, 0.15) is 27.6 Å². The number of rotatable bonds is 4. The number of nitrogens with zero attached hydrogens (tertiary/aromatic N) is 3. The van der Waals surface area contributed by atoms with Crippen LogP contribution < -0.4 is 19.4 Å². The van der Waals surface area contributed by atoms with Crippen LogP contribution in [-0.4, -0.2) is 21.6 Å². The second-order valence-electron chi connectivity index (χ2n) is 4.32. The van der Waals surface area contributed by atoms with Gasteiger partial charge in [-0.15, -0.1) is 0 Å². The highest BCUT2D eigenvalue weighted by Crippen LogP contribution is 2.10. The van der Waals surface area contributed by atoms with Crippen LogP contribution in [-0.2, 0) is 0 Å².